The summed E-state index contributed by atoms with van der Waals surface area (Å²) in [6, 6.07) is 7.76. The maximum Gasteiger partial charge on any atom is 0.256 e. The molecule has 2 saturated heterocycles. The Balaban J connectivity index is 1.09. The summed E-state index contributed by atoms with van der Waals surface area (Å²) in [5, 5.41) is 3.49. The van der Waals surface area contributed by atoms with Gasteiger partial charge in [-0.15, -0.1) is 0 Å². The van der Waals surface area contributed by atoms with Crippen LogP contribution < -0.4 is 10.2 Å². The first kappa shape index (κ1) is 23.8. The number of likely N-dealkylation sites (N-methyl/N-ethyl adjacent to an activating group) is 1. The van der Waals surface area contributed by atoms with Crippen molar-refractivity contribution in [2.45, 2.75) is 38.1 Å². The minimum atomic E-state index is -0.0560. The Kier molecular flexibility index (Phi) is 6.75. The molecule has 0 aliphatic carbocycles. The van der Waals surface area contributed by atoms with Crippen molar-refractivity contribution in [2.24, 2.45) is 5.92 Å². The van der Waals surface area contributed by atoms with E-state index < -0.39 is 0 Å². The molecule has 3 amide bonds. The predicted molar refractivity (Wildman–Crippen MR) is 135 cm³/mol. The molecule has 3 aliphatic rings. The van der Waals surface area contributed by atoms with E-state index >= 15 is 0 Å². The maximum absolute atomic E-state index is 12.9. The minimum Gasteiger partial charge on any atom is -0.338 e. The van der Waals surface area contributed by atoms with Gasteiger partial charge in [-0.1, -0.05) is 11.6 Å². The van der Waals surface area contributed by atoms with E-state index in [0.29, 0.717) is 36.1 Å². The molecule has 1 aromatic carbocycles. The second-order valence-electron chi connectivity index (χ2n) is 9.65. The number of aromatic nitrogens is 1. The summed E-state index contributed by atoms with van der Waals surface area (Å²) in [7, 11) is 1.78. The van der Waals surface area contributed by atoms with E-state index in [9.17, 15) is 14.4 Å². The number of fused-ring (bicyclic) bond motifs is 1. The van der Waals surface area contributed by atoms with E-state index in [1.54, 1.807) is 24.2 Å². The second kappa shape index (κ2) is 9.95. The van der Waals surface area contributed by atoms with Crippen LogP contribution in [-0.2, 0) is 16.0 Å². The van der Waals surface area contributed by atoms with Gasteiger partial charge in [0.1, 0.15) is 0 Å². The van der Waals surface area contributed by atoms with Gasteiger partial charge in [0.25, 0.3) is 5.91 Å². The third-order valence-electron chi connectivity index (χ3n) is 7.59. The van der Waals surface area contributed by atoms with Crippen molar-refractivity contribution >= 4 is 40.7 Å². The molecule has 8 nitrogen and oxygen atoms in total. The summed E-state index contributed by atoms with van der Waals surface area (Å²) in [4.78, 5) is 47.6. The second-order valence-corrected chi connectivity index (χ2v) is 10.1. The lowest BCUT2D eigenvalue weighted by atomic mass is 9.92. The fraction of sp³-hybridized carbons (Fsp3) is 0.462. The molecule has 35 heavy (non-hydrogen) atoms. The average Bonchev–Trinajstić information content (AvgIpc) is 3.16. The molecule has 1 aromatic heterocycles. The van der Waals surface area contributed by atoms with E-state index in [4.69, 9.17) is 11.6 Å². The van der Waals surface area contributed by atoms with Gasteiger partial charge in [0.15, 0.2) is 0 Å². The van der Waals surface area contributed by atoms with E-state index in [1.165, 1.54) is 6.20 Å². The van der Waals surface area contributed by atoms with Gasteiger partial charge in [-0.2, -0.15) is 0 Å². The minimum absolute atomic E-state index is 0.0156. The number of carbonyl (C=O) groups excluding carboxylic acids is 3. The molecule has 2 aromatic rings. The van der Waals surface area contributed by atoms with Gasteiger partial charge in [-0.25, -0.2) is 0 Å². The topological polar surface area (TPSA) is 85.9 Å². The Morgan fingerprint density at radius 3 is 2.51 bits per heavy atom. The van der Waals surface area contributed by atoms with Crippen LogP contribution in [0.2, 0.25) is 5.02 Å². The number of halogens is 1. The number of nitrogens with zero attached hydrogens (tertiary/aromatic N) is 4. The molecular weight excluding hydrogens is 466 g/mol. The summed E-state index contributed by atoms with van der Waals surface area (Å²) >= 11 is 6.17. The number of rotatable bonds is 4. The molecule has 4 heterocycles. The molecule has 0 bridgehead atoms. The summed E-state index contributed by atoms with van der Waals surface area (Å²) in [5.74, 6) is 0.0562. The summed E-state index contributed by atoms with van der Waals surface area (Å²) < 4.78 is 0. The highest BCUT2D eigenvalue weighted by atomic mass is 35.5. The van der Waals surface area contributed by atoms with Gasteiger partial charge in [-0.3, -0.25) is 19.4 Å². The number of hydrogen-bond acceptors (Lipinski definition) is 5. The Morgan fingerprint density at radius 2 is 1.80 bits per heavy atom. The number of pyridine rings is 1. The van der Waals surface area contributed by atoms with E-state index in [-0.39, 0.29) is 23.6 Å². The SMILES string of the molecule is CN1C(=O)Cc2cc(NC(=O)C3CCN(C4CCN(C(=O)c5cnccc5Cl)CC4)CC3)ccc21. The lowest BCUT2D eigenvalue weighted by molar-refractivity contribution is -0.121. The van der Waals surface area contributed by atoms with Gasteiger partial charge in [0.05, 0.1) is 17.0 Å². The number of hydrogen-bond donors (Lipinski definition) is 1. The van der Waals surface area contributed by atoms with Crippen LogP contribution in [0.3, 0.4) is 0 Å². The third-order valence-corrected chi connectivity index (χ3v) is 7.92. The van der Waals surface area contributed by atoms with Gasteiger partial charge in [0.2, 0.25) is 11.8 Å². The van der Waals surface area contributed by atoms with Gasteiger partial charge in [-0.05, 0) is 68.6 Å². The number of benzene rings is 1. The Labute approximate surface area is 210 Å². The van der Waals surface area contributed by atoms with E-state index in [0.717, 1.165) is 55.7 Å². The number of anilines is 2. The van der Waals surface area contributed by atoms with Crippen LogP contribution in [-0.4, -0.2) is 71.8 Å². The predicted octanol–water partition coefficient (Wildman–Crippen LogP) is 3.21. The summed E-state index contributed by atoms with van der Waals surface area (Å²) in [5.41, 5.74) is 3.09. The van der Waals surface area contributed by atoms with Gasteiger partial charge < -0.3 is 20.0 Å². The van der Waals surface area contributed by atoms with Crippen molar-refractivity contribution in [3.05, 3.63) is 52.8 Å². The van der Waals surface area contributed by atoms with Crippen LogP contribution in [0.25, 0.3) is 0 Å². The smallest absolute Gasteiger partial charge is 0.256 e. The largest absolute Gasteiger partial charge is 0.338 e. The Hall–Kier alpha value is -2.97. The monoisotopic (exact) mass is 495 g/mol. The molecular formula is C26H30ClN5O3. The summed E-state index contributed by atoms with van der Waals surface area (Å²) in [6.07, 6.45) is 6.99. The van der Waals surface area contributed by atoms with Gasteiger partial charge >= 0.3 is 0 Å². The van der Waals surface area contributed by atoms with E-state index in [2.05, 4.69) is 15.2 Å². The molecule has 0 saturated carbocycles. The number of nitrogens with one attached hydrogen (secondary N) is 1. The third kappa shape index (κ3) is 4.90. The van der Waals surface area contributed by atoms with Crippen molar-refractivity contribution in [1.29, 1.82) is 0 Å². The first-order valence-corrected chi connectivity index (χ1v) is 12.6. The number of piperidine rings is 2. The highest BCUT2D eigenvalue weighted by Crippen LogP contribution is 2.31. The van der Waals surface area contributed by atoms with Crippen LogP contribution in [0, 0.1) is 5.92 Å². The molecule has 3 aliphatic heterocycles. The van der Waals surface area contributed by atoms with Crippen LogP contribution in [0.15, 0.2) is 36.7 Å². The zero-order valence-electron chi connectivity index (χ0n) is 19.9. The molecule has 2 fully saturated rings. The first-order valence-electron chi connectivity index (χ1n) is 12.2. The highest BCUT2D eigenvalue weighted by Gasteiger charge is 2.32. The van der Waals surface area contributed by atoms with Crippen molar-refractivity contribution in [3.63, 3.8) is 0 Å². The van der Waals surface area contributed by atoms with Crippen LogP contribution in [0.4, 0.5) is 11.4 Å². The lowest BCUT2D eigenvalue weighted by Crippen LogP contribution is -2.49. The van der Waals surface area contributed by atoms with Gasteiger partial charge in [0, 0.05) is 55.9 Å². The fourth-order valence-electron chi connectivity index (χ4n) is 5.46. The van der Waals surface area contributed by atoms with Crippen LogP contribution in [0.1, 0.15) is 41.6 Å². The van der Waals surface area contributed by atoms with Crippen molar-refractivity contribution in [2.75, 3.05) is 43.4 Å². The lowest BCUT2D eigenvalue weighted by Gasteiger charge is -2.41. The molecule has 5 rings (SSSR count). The fourth-order valence-corrected chi connectivity index (χ4v) is 5.64. The van der Waals surface area contributed by atoms with Crippen LogP contribution in [0.5, 0.6) is 0 Å². The molecule has 0 atom stereocenters. The van der Waals surface area contributed by atoms with Crippen molar-refractivity contribution in [3.8, 4) is 0 Å². The number of likely N-dealkylation sites (tertiary alicyclic amines) is 2. The standard InChI is InChI=1S/C26H30ClN5O3/c1-30-23-3-2-19(14-18(23)15-24(30)33)29-25(34)17-5-10-31(11-6-17)20-7-12-32(13-8-20)26(35)21-16-28-9-4-22(21)27/h2-4,9,14,16-17,20H,5-8,10-13,15H2,1H3,(H,29,34). The highest BCUT2D eigenvalue weighted by molar-refractivity contribution is 6.33. The van der Waals surface area contributed by atoms with Crippen molar-refractivity contribution < 1.29 is 14.4 Å². The molecule has 0 radical (unpaired) electrons. The molecule has 184 valence electrons. The average molecular weight is 496 g/mol. The first-order chi connectivity index (χ1) is 16.9. The summed E-state index contributed by atoms with van der Waals surface area (Å²) in [6.45, 7) is 3.17. The molecule has 1 N–H and O–H groups in total. The Morgan fingerprint density at radius 1 is 1.06 bits per heavy atom. The van der Waals surface area contributed by atoms with Crippen molar-refractivity contribution in [1.82, 2.24) is 14.8 Å². The number of carbonyl (C=O) groups is 3. The van der Waals surface area contributed by atoms with E-state index in [1.807, 2.05) is 23.1 Å². The maximum atomic E-state index is 12.9. The zero-order chi connectivity index (χ0) is 24.5. The molecule has 0 unspecified atom stereocenters. The Bertz CT molecular complexity index is 1140. The normalized spacial score (nSPS) is 19.7. The number of amides is 3. The zero-order valence-corrected chi connectivity index (χ0v) is 20.6. The quantitative estimate of drug-likeness (QED) is 0.704. The van der Waals surface area contributed by atoms with Crippen LogP contribution >= 0.6 is 11.6 Å². The molecule has 9 heteroatoms. The molecule has 0 spiro atoms.